The number of unbranched alkanes of at least 4 members (excludes halogenated alkanes) is 1. The monoisotopic (exact) mass is 541 g/mol. The number of hydrogen-bond acceptors (Lipinski definition) is 4. The molecule has 0 saturated carbocycles. The summed E-state index contributed by atoms with van der Waals surface area (Å²) in [5.74, 6) is -1.31. The molecule has 2 amide bonds. The van der Waals surface area contributed by atoms with E-state index in [1.54, 1.807) is 31.2 Å². The van der Waals surface area contributed by atoms with Crippen molar-refractivity contribution in [1.29, 1.82) is 0 Å². The molecule has 0 spiro atoms. The van der Waals surface area contributed by atoms with Crippen molar-refractivity contribution in [3.8, 4) is 0 Å². The van der Waals surface area contributed by atoms with E-state index in [1.807, 2.05) is 6.92 Å². The van der Waals surface area contributed by atoms with Crippen LogP contribution in [0.15, 0.2) is 53.0 Å². The summed E-state index contributed by atoms with van der Waals surface area (Å²) in [7, 11) is -3.78. The van der Waals surface area contributed by atoms with Crippen LogP contribution in [0.5, 0.6) is 0 Å². The summed E-state index contributed by atoms with van der Waals surface area (Å²) in [4.78, 5) is 27.4. The molecule has 2 aromatic rings. The van der Waals surface area contributed by atoms with Gasteiger partial charge in [0, 0.05) is 17.6 Å². The van der Waals surface area contributed by atoms with Crippen LogP contribution in [0.4, 0.5) is 10.1 Å². The predicted molar refractivity (Wildman–Crippen MR) is 131 cm³/mol. The third-order valence-corrected chi connectivity index (χ3v) is 6.73. The maximum atomic E-state index is 13.3. The number of rotatable bonds is 11. The molecular weight excluding hydrogens is 513 g/mol. The van der Waals surface area contributed by atoms with Gasteiger partial charge in [0.25, 0.3) is 0 Å². The van der Waals surface area contributed by atoms with Crippen molar-refractivity contribution in [2.24, 2.45) is 0 Å². The number of nitrogens with one attached hydrogen (secondary N) is 1. The van der Waals surface area contributed by atoms with E-state index in [9.17, 15) is 22.4 Å². The molecule has 0 saturated heterocycles. The summed E-state index contributed by atoms with van der Waals surface area (Å²) in [6, 6.07) is 11.3. The van der Waals surface area contributed by atoms with Crippen LogP contribution in [0.3, 0.4) is 0 Å². The molecule has 2 aromatic carbocycles. The number of nitrogens with zero attached hydrogens (tertiary/aromatic N) is 2. The van der Waals surface area contributed by atoms with Gasteiger partial charge in [-0.05, 0) is 55.3 Å². The second-order valence-electron chi connectivity index (χ2n) is 7.71. The molecule has 0 aliphatic heterocycles. The zero-order valence-corrected chi connectivity index (χ0v) is 21.3. The van der Waals surface area contributed by atoms with Crippen molar-refractivity contribution in [1.82, 2.24) is 10.2 Å². The second kappa shape index (κ2) is 12.1. The lowest BCUT2D eigenvalue weighted by Crippen LogP contribution is -2.51. The van der Waals surface area contributed by atoms with Crippen LogP contribution in [-0.2, 0) is 26.2 Å². The van der Waals surface area contributed by atoms with Crippen LogP contribution in [0.25, 0.3) is 0 Å². The lowest BCUT2D eigenvalue weighted by atomic mass is 10.1. The fourth-order valence-electron chi connectivity index (χ4n) is 3.13. The third kappa shape index (κ3) is 8.12. The maximum absolute atomic E-state index is 13.3. The molecule has 0 fully saturated rings. The number of sulfonamides is 1. The van der Waals surface area contributed by atoms with Gasteiger partial charge in [0.05, 0.1) is 11.9 Å². The second-order valence-corrected chi connectivity index (χ2v) is 10.5. The van der Waals surface area contributed by atoms with E-state index in [1.165, 1.54) is 29.2 Å². The average molecular weight is 542 g/mol. The van der Waals surface area contributed by atoms with E-state index in [4.69, 9.17) is 0 Å². The first kappa shape index (κ1) is 26.8. The largest absolute Gasteiger partial charge is 0.354 e. The Bertz CT molecular complexity index is 1050. The van der Waals surface area contributed by atoms with Crippen LogP contribution < -0.4 is 9.62 Å². The van der Waals surface area contributed by atoms with Crippen molar-refractivity contribution in [2.45, 2.75) is 39.3 Å². The summed E-state index contributed by atoms with van der Waals surface area (Å²) in [6.45, 7) is 3.62. The molecule has 0 aromatic heterocycles. The maximum Gasteiger partial charge on any atom is 0.244 e. The molecule has 0 aliphatic carbocycles. The van der Waals surface area contributed by atoms with Gasteiger partial charge in [-0.25, -0.2) is 12.8 Å². The molecule has 0 heterocycles. The van der Waals surface area contributed by atoms with E-state index in [-0.39, 0.29) is 12.5 Å². The lowest BCUT2D eigenvalue weighted by Gasteiger charge is -2.31. The smallest absolute Gasteiger partial charge is 0.244 e. The topological polar surface area (TPSA) is 86.8 Å². The Balaban J connectivity index is 2.32. The molecule has 7 nitrogen and oxygen atoms in total. The Hall–Kier alpha value is -2.46. The van der Waals surface area contributed by atoms with Gasteiger partial charge in [-0.15, -0.1) is 0 Å². The highest BCUT2D eigenvalue weighted by Gasteiger charge is 2.30. The molecular formula is C23H29BrFN3O4S. The molecule has 0 aliphatic rings. The van der Waals surface area contributed by atoms with Crippen molar-refractivity contribution < 1.29 is 22.4 Å². The summed E-state index contributed by atoms with van der Waals surface area (Å²) in [5, 5.41) is 2.81. The number of carbonyl (C=O) groups excluding carboxylic acids is 2. The summed E-state index contributed by atoms with van der Waals surface area (Å²) in [6.07, 6.45) is 2.73. The fraction of sp³-hybridized carbons (Fsp3) is 0.391. The quantitative estimate of drug-likeness (QED) is 0.439. The van der Waals surface area contributed by atoms with E-state index in [2.05, 4.69) is 21.2 Å². The standard InChI is InChI=1S/C23H29BrFN3O4S/c1-4-5-14-26-23(30)17(2)27(15-18-6-10-20(25)11-7-18)22(29)16-28(33(3,31)32)21-12-8-19(24)9-13-21/h6-13,17H,4-5,14-16H2,1-3H3,(H,26,30)/t17-/m1/s1. The Morgan fingerprint density at radius 1 is 1.09 bits per heavy atom. The van der Waals surface area contributed by atoms with Gasteiger partial charge < -0.3 is 10.2 Å². The Morgan fingerprint density at radius 2 is 1.70 bits per heavy atom. The molecule has 0 radical (unpaired) electrons. The van der Waals surface area contributed by atoms with Crippen molar-refractivity contribution in [3.05, 3.63) is 64.4 Å². The molecule has 1 N–H and O–H groups in total. The number of carbonyl (C=O) groups is 2. The summed E-state index contributed by atoms with van der Waals surface area (Å²) < 4.78 is 40.0. The van der Waals surface area contributed by atoms with Gasteiger partial charge in [-0.1, -0.05) is 41.4 Å². The fourth-order valence-corrected chi connectivity index (χ4v) is 4.24. The van der Waals surface area contributed by atoms with E-state index < -0.39 is 34.3 Å². The number of benzene rings is 2. The highest BCUT2D eigenvalue weighted by molar-refractivity contribution is 9.10. The molecule has 10 heteroatoms. The van der Waals surface area contributed by atoms with Crippen molar-refractivity contribution >= 4 is 43.5 Å². The zero-order chi connectivity index (χ0) is 24.6. The summed E-state index contributed by atoms with van der Waals surface area (Å²) in [5.41, 5.74) is 0.948. The van der Waals surface area contributed by atoms with Gasteiger partial charge in [-0.2, -0.15) is 0 Å². The highest BCUT2D eigenvalue weighted by atomic mass is 79.9. The predicted octanol–water partition coefficient (Wildman–Crippen LogP) is 3.69. The van der Waals surface area contributed by atoms with Gasteiger partial charge in [0.1, 0.15) is 18.4 Å². The first-order valence-electron chi connectivity index (χ1n) is 10.6. The molecule has 33 heavy (non-hydrogen) atoms. The first-order valence-corrected chi connectivity index (χ1v) is 13.2. The van der Waals surface area contributed by atoms with Gasteiger partial charge in [0.15, 0.2) is 0 Å². The average Bonchev–Trinajstić information content (AvgIpc) is 2.76. The minimum atomic E-state index is -3.78. The number of hydrogen-bond donors (Lipinski definition) is 1. The highest BCUT2D eigenvalue weighted by Crippen LogP contribution is 2.21. The molecule has 180 valence electrons. The zero-order valence-electron chi connectivity index (χ0n) is 18.9. The van der Waals surface area contributed by atoms with E-state index in [0.717, 1.165) is 27.9 Å². The normalized spacial score (nSPS) is 12.2. The Morgan fingerprint density at radius 3 is 2.24 bits per heavy atom. The van der Waals surface area contributed by atoms with Crippen molar-refractivity contribution in [2.75, 3.05) is 23.7 Å². The number of halogens is 2. The van der Waals surface area contributed by atoms with Crippen LogP contribution in [0.1, 0.15) is 32.3 Å². The van der Waals surface area contributed by atoms with Crippen LogP contribution in [0.2, 0.25) is 0 Å². The van der Waals surface area contributed by atoms with Gasteiger partial charge in [0.2, 0.25) is 21.8 Å². The minimum absolute atomic E-state index is 0.0272. The molecule has 1 atom stereocenters. The Kier molecular flexibility index (Phi) is 9.85. The SMILES string of the molecule is CCCCNC(=O)[C@@H](C)N(Cc1ccc(F)cc1)C(=O)CN(c1ccc(Br)cc1)S(C)(=O)=O. The van der Waals surface area contributed by atoms with E-state index >= 15 is 0 Å². The molecule has 2 rings (SSSR count). The minimum Gasteiger partial charge on any atom is -0.354 e. The summed E-state index contributed by atoms with van der Waals surface area (Å²) >= 11 is 3.31. The third-order valence-electron chi connectivity index (χ3n) is 5.06. The van der Waals surface area contributed by atoms with E-state index in [0.29, 0.717) is 17.8 Å². The molecule has 0 bridgehead atoms. The molecule has 0 unspecified atom stereocenters. The van der Waals surface area contributed by atoms with Crippen LogP contribution >= 0.6 is 15.9 Å². The first-order chi connectivity index (χ1) is 15.5. The lowest BCUT2D eigenvalue weighted by molar-refractivity contribution is -0.139. The van der Waals surface area contributed by atoms with Gasteiger partial charge >= 0.3 is 0 Å². The number of anilines is 1. The Labute approximate surface area is 203 Å². The van der Waals surface area contributed by atoms with Crippen LogP contribution in [0, 0.1) is 5.82 Å². The number of amides is 2. The van der Waals surface area contributed by atoms with Gasteiger partial charge in [-0.3, -0.25) is 13.9 Å². The van der Waals surface area contributed by atoms with Crippen molar-refractivity contribution in [3.63, 3.8) is 0 Å². The van der Waals surface area contributed by atoms with Crippen LogP contribution in [-0.4, -0.2) is 50.5 Å².